The highest BCUT2D eigenvalue weighted by atomic mass is 16.8. The normalized spacial score (nSPS) is 13.2. The second-order valence-corrected chi connectivity index (χ2v) is 5.59. The fourth-order valence-corrected chi connectivity index (χ4v) is 2.28. The van der Waals surface area contributed by atoms with Crippen molar-refractivity contribution in [2.24, 2.45) is 0 Å². The van der Waals surface area contributed by atoms with E-state index in [9.17, 15) is 5.11 Å². The van der Waals surface area contributed by atoms with Crippen LogP contribution in [0.25, 0.3) is 0 Å². The topological polar surface area (TPSA) is 47.9 Å². The Bertz CT molecular complexity index is 558. The van der Waals surface area contributed by atoms with Crippen molar-refractivity contribution in [1.82, 2.24) is 0 Å². The van der Waals surface area contributed by atoms with E-state index in [0.717, 1.165) is 25.0 Å². The molecular formula is C20H26O4. The summed E-state index contributed by atoms with van der Waals surface area (Å²) < 4.78 is 16.9. The van der Waals surface area contributed by atoms with E-state index in [-0.39, 0.29) is 0 Å². The van der Waals surface area contributed by atoms with Crippen LogP contribution in [0.2, 0.25) is 0 Å². The highest BCUT2D eigenvalue weighted by Gasteiger charge is 2.29. The Kier molecular flexibility index (Phi) is 7.59. The van der Waals surface area contributed by atoms with Crippen LogP contribution in [0, 0.1) is 0 Å². The van der Waals surface area contributed by atoms with Crippen molar-refractivity contribution in [2.45, 2.75) is 38.6 Å². The lowest BCUT2D eigenvalue weighted by molar-refractivity contribution is -0.323. The van der Waals surface area contributed by atoms with Crippen LogP contribution in [0.15, 0.2) is 60.7 Å². The van der Waals surface area contributed by atoms with Gasteiger partial charge in [0, 0.05) is 6.42 Å². The molecule has 0 spiro atoms. The lowest BCUT2D eigenvalue weighted by atomic mass is 10.3. The minimum atomic E-state index is -1.57. The first-order valence-electron chi connectivity index (χ1n) is 8.50. The van der Waals surface area contributed by atoms with Gasteiger partial charge >= 0.3 is 5.97 Å². The highest BCUT2D eigenvalue weighted by molar-refractivity contribution is 5.21. The number of hydrogen-bond donors (Lipinski definition) is 1. The predicted octanol–water partition coefficient (Wildman–Crippen LogP) is 4.39. The molecule has 2 aromatic rings. The molecule has 0 saturated heterocycles. The molecule has 0 radical (unpaired) electrons. The Morgan fingerprint density at radius 2 is 1.42 bits per heavy atom. The number of hydrogen-bond acceptors (Lipinski definition) is 4. The SMILES string of the molecule is CCCC(O)(OCCCCOc1ccccc1)Oc1ccccc1. The van der Waals surface area contributed by atoms with E-state index in [0.29, 0.717) is 25.4 Å². The summed E-state index contributed by atoms with van der Waals surface area (Å²) in [4.78, 5) is 0. The third-order valence-electron chi connectivity index (χ3n) is 3.46. The fourth-order valence-electron chi connectivity index (χ4n) is 2.28. The van der Waals surface area contributed by atoms with Crippen molar-refractivity contribution in [3.05, 3.63) is 60.7 Å². The molecule has 4 nitrogen and oxygen atoms in total. The molecule has 2 aromatic carbocycles. The zero-order valence-corrected chi connectivity index (χ0v) is 14.2. The van der Waals surface area contributed by atoms with Crippen LogP contribution < -0.4 is 9.47 Å². The van der Waals surface area contributed by atoms with Crippen LogP contribution in [0.1, 0.15) is 32.6 Å². The third-order valence-corrected chi connectivity index (χ3v) is 3.46. The van der Waals surface area contributed by atoms with Gasteiger partial charge in [-0.25, -0.2) is 0 Å². The Morgan fingerprint density at radius 1 is 0.833 bits per heavy atom. The molecule has 1 unspecified atom stereocenters. The molecule has 0 fully saturated rings. The summed E-state index contributed by atoms with van der Waals surface area (Å²) in [7, 11) is 0. The van der Waals surface area contributed by atoms with Crippen molar-refractivity contribution in [3.63, 3.8) is 0 Å². The van der Waals surface area contributed by atoms with Gasteiger partial charge < -0.3 is 19.3 Å². The van der Waals surface area contributed by atoms with Crippen LogP contribution in [0.4, 0.5) is 0 Å². The third kappa shape index (κ3) is 6.60. The largest absolute Gasteiger partial charge is 0.494 e. The van der Waals surface area contributed by atoms with Crippen LogP contribution in [0.3, 0.4) is 0 Å². The van der Waals surface area contributed by atoms with E-state index in [1.54, 1.807) is 12.1 Å². The number of ether oxygens (including phenoxy) is 3. The molecule has 24 heavy (non-hydrogen) atoms. The first kappa shape index (κ1) is 18.3. The summed E-state index contributed by atoms with van der Waals surface area (Å²) in [5.41, 5.74) is 0. The molecule has 4 heteroatoms. The zero-order valence-electron chi connectivity index (χ0n) is 14.2. The lowest BCUT2D eigenvalue weighted by Gasteiger charge is -2.28. The molecule has 0 aliphatic carbocycles. The van der Waals surface area contributed by atoms with Crippen molar-refractivity contribution >= 4 is 0 Å². The second-order valence-electron chi connectivity index (χ2n) is 5.59. The molecule has 2 rings (SSSR count). The minimum Gasteiger partial charge on any atom is -0.494 e. The molecule has 0 bridgehead atoms. The summed E-state index contributed by atoms with van der Waals surface area (Å²) in [6.45, 7) is 3.02. The summed E-state index contributed by atoms with van der Waals surface area (Å²) in [5.74, 6) is -0.106. The van der Waals surface area contributed by atoms with Gasteiger partial charge in [-0.3, -0.25) is 0 Å². The molecule has 0 aliphatic rings. The van der Waals surface area contributed by atoms with E-state index >= 15 is 0 Å². The first-order valence-corrected chi connectivity index (χ1v) is 8.50. The molecule has 0 aromatic heterocycles. The average molecular weight is 330 g/mol. The van der Waals surface area contributed by atoms with Crippen molar-refractivity contribution in [3.8, 4) is 11.5 Å². The van der Waals surface area contributed by atoms with Crippen LogP contribution in [-0.2, 0) is 4.74 Å². The summed E-state index contributed by atoms with van der Waals surface area (Å²) in [6.07, 6.45) is 2.82. The van der Waals surface area contributed by atoms with Crippen molar-refractivity contribution in [1.29, 1.82) is 0 Å². The smallest absolute Gasteiger partial charge is 0.324 e. The van der Waals surface area contributed by atoms with E-state index in [4.69, 9.17) is 14.2 Å². The van der Waals surface area contributed by atoms with Gasteiger partial charge in [-0.15, -0.1) is 0 Å². The quantitative estimate of drug-likeness (QED) is 0.490. The Morgan fingerprint density at radius 3 is 2.04 bits per heavy atom. The number of aliphatic hydroxyl groups is 1. The van der Waals surface area contributed by atoms with Gasteiger partial charge in [0.1, 0.15) is 11.5 Å². The van der Waals surface area contributed by atoms with Gasteiger partial charge in [-0.05, 0) is 43.5 Å². The zero-order chi connectivity index (χ0) is 17.1. The van der Waals surface area contributed by atoms with Gasteiger partial charge in [0.15, 0.2) is 0 Å². The van der Waals surface area contributed by atoms with E-state index < -0.39 is 5.97 Å². The molecule has 1 N–H and O–H groups in total. The predicted molar refractivity (Wildman–Crippen MR) is 94.1 cm³/mol. The molecule has 0 aliphatic heterocycles. The number of rotatable bonds is 11. The maximum atomic E-state index is 10.5. The average Bonchev–Trinajstić information content (AvgIpc) is 2.60. The van der Waals surface area contributed by atoms with Crippen molar-refractivity contribution < 1.29 is 19.3 Å². The van der Waals surface area contributed by atoms with Crippen molar-refractivity contribution in [2.75, 3.05) is 13.2 Å². The lowest BCUT2D eigenvalue weighted by Crippen LogP contribution is -2.39. The van der Waals surface area contributed by atoms with Crippen LogP contribution in [0.5, 0.6) is 11.5 Å². The van der Waals surface area contributed by atoms with Gasteiger partial charge in [-0.1, -0.05) is 43.3 Å². The fraction of sp³-hybridized carbons (Fsp3) is 0.400. The standard InChI is InChI=1S/C20H26O4/c1-2-15-20(21,24-19-13-7-4-8-14-19)23-17-10-9-16-22-18-11-5-3-6-12-18/h3-8,11-14,21H,2,9-10,15-17H2,1H3. The number of para-hydroxylation sites is 2. The number of benzene rings is 2. The summed E-state index contributed by atoms with van der Waals surface area (Å²) in [5, 5.41) is 10.5. The van der Waals surface area contributed by atoms with Gasteiger partial charge in [0.2, 0.25) is 0 Å². The Labute approximate surface area is 144 Å². The van der Waals surface area contributed by atoms with Gasteiger partial charge in [0.25, 0.3) is 0 Å². The molecule has 0 saturated carbocycles. The molecule has 1 atom stereocenters. The highest BCUT2D eigenvalue weighted by Crippen LogP contribution is 2.22. The monoisotopic (exact) mass is 330 g/mol. The Balaban J connectivity index is 1.69. The molecule has 0 amide bonds. The van der Waals surface area contributed by atoms with E-state index in [1.807, 2.05) is 55.5 Å². The summed E-state index contributed by atoms with van der Waals surface area (Å²) in [6, 6.07) is 19.0. The minimum absolute atomic E-state index is 0.418. The molecule has 0 heterocycles. The maximum Gasteiger partial charge on any atom is 0.324 e. The molecule has 130 valence electrons. The summed E-state index contributed by atoms with van der Waals surface area (Å²) >= 11 is 0. The maximum absolute atomic E-state index is 10.5. The van der Waals surface area contributed by atoms with Crippen LogP contribution >= 0.6 is 0 Å². The first-order chi connectivity index (χ1) is 11.7. The van der Waals surface area contributed by atoms with E-state index in [2.05, 4.69) is 0 Å². The molecular weight excluding hydrogens is 304 g/mol. The van der Waals surface area contributed by atoms with E-state index in [1.165, 1.54) is 0 Å². The number of unbranched alkanes of at least 4 members (excludes halogenated alkanes) is 1. The second kappa shape index (κ2) is 9.96. The Hall–Kier alpha value is -2.04. The van der Waals surface area contributed by atoms with Gasteiger partial charge in [0.05, 0.1) is 13.2 Å². The van der Waals surface area contributed by atoms with Crippen LogP contribution in [-0.4, -0.2) is 24.3 Å². The van der Waals surface area contributed by atoms with Gasteiger partial charge in [-0.2, -0.15) is 0 Å².